The van der Waals surface area contributed by atoms with Crippen LogP contribution in [0.3, 0.4) is 0 Å². The molecule has 0 aliphatic carbocycles. The first-order chi connectivity index (χ1) is 9.90. The fourth-order valence-corrected chi connectivity index (χ4v) is 3.26. The van der Waals surface area contributed by atoms with Crippen molar-refractivity contribution in [2.24, 2.45) is 5.73 Å². The highest BCUT2D eigenvalue weighted by atomic mass is 32.2. The van der Waals surface area contributed by atoms with Crippen LogP contribution in [0.4, 0.5) is 0 Å². The quantitative estimate of drug-likeness (QED) is 0.767. The van der Waals surface area contributed by atoms with Crippen LogP contribution in [0, 0.1) is 6.92 Å². The number of thiocarbonyl (C=S) groups is 1. The molecule has 8 heteroatoms. The predicted molar refractivity (Wildman–Crippen MR) is 84.5 cm³/mol. The molecule has 0 spiro atoms. The number of nitrogens with two attached hydrogens (primary N) is 1. The van der Waals surface area contributed by atoms with Gasteiger partial charge in [0.1, 0.15) is 4.99 Å². The molecule has 0 amide bonds. The first-order valence-corrected chi connectivity index (χ1v) is 8.17. The van der Waals surface area contributed by atoms with Gasteiger partial charge in [0.05, 0.1) is 11.4 Å². The molecule has 3 N–H and O–H groups in total. The number of benzene rings is 1. The molecule has 1 aromatic heterocycles. The van der Waals surface area contributed by atoms with E-state index in [-0.39, 0.29) is 16.4 Å². The van der Waals surface area contributed by atoms with Crippen LogP contribution in [0.2, 0.25) is 0 Å². The lowest BCUT2D eigenvalue weighted by atomic mass is 10.1. The fraction of sp³-hybridized carbons (Fsp3) is 0.231. The summed E-state index contributed by atoms with van der Waals surface area (Å²) in [4.78, 5) is 0.358. The van der Waals surface area contributed by atoms with Gasteiger partial charge < -0.3 is 5.73 Å². The molecule has 2 aromatic rings. The zero-order chi connectivity index (χ0) is 15.5. The van der Waals surface area contributed by atoms with Crippen molar-refractivity contribution >= 4 is 27.2 Å². The van der Waals surface area contributed by atoms with Crippen molar-refractivity contribution in [3.8, 4) is 0 Å². The first kappa shape index (κ1) is 15.6. The molecule has 0 fully saturated rings. The molecule has 0 aliphatic heterocycles. The third-order valence-corrected chi connectivity index (χ3v) is 4.79. The van der Waals surface area contributed by atoms with Crippen LogP contribution in [-0.2, 0) is 16.6 Å². The van der Waals surface area contributed by atoms with Crippen LogP contribution < -0.4 is 10.5 Å². The van der Waals surface area contributed by atoms with Crippen LogP contribution in [0.25, 0.3) is 0 Å². The second kappa shape index (κ2) is 6.33. The van der Waals surface area contributed by atoms with Gasteiger partial charge in [-0.05, 0) is 24.6 Å². The molecule has 1 aromatic carbocycles. The van der Waals surface area contributed by atoms with E-state index < -0.39 is 10.0 Å². The molecule has 0 saturated heterocycles. The molecule has 0 radical (unpaired) electrons. The average molecular weight is 324 g/mol. The van der Waals surface area contributed by atoms with Crippen molar-refractivity contribution in [1.82, 2.24) is 14.5 Å². The van der Waals surface area contributed by atoms with Crippen molar-refractivity contribution in [1.29, 1.82) is 0 Å². The second-order valence-corrected chi connectivity index (χ2v) is 6.69. The van der Waals surface area contributed by atoms with Gasteiger partial charge in [0.25, 0.3) is 0 Å². The van der Waals surface area contributed by atoms with Gasteiger partial charge in [-0.1, -0.05) is 24.4 Å². The highest BCUT2D eigenvalue weighted by molar-refractivity contribution is 7.89. The highest BCUT2D eigenvalue weighted by Gasteiger charge is 2.17. The number of aromatic nitrogens is 2. The van der Waals surface area contributed by atoms with Gasteiger partial charge in [-0.2, -0.15) is 5.10 Å². The van der Waals surface area contributed by atoms with Crippen LogP contribution in [-0.4, -0.2) is 29.7 Å². The molecule has 2 rings (SSSR count). The molecule has 0 unspecified atom stereocenters. The number of hydrogen-bond acceptors (Lipinski definition) is 4. The molecule has 112 valence electrons. The van der Waals surface area contributed by atoms with Crippen molar-refractivity contribution in [2.45, 2.75) is 18.4 Å². The minimum atomic E-state index is -3.61. The zero-order valence-corrected chi connectivity index (χ0v) is 13.1. The maximum atomic E-state index is 12.3. The zero-order valence-electron chi connectivity index (χ0n) is 11.5. The fourth-order valence-electron chi connectivity index (χ4n) is 1.85. The van der Waals surface area contributed by atoms with Gasteiger partial charge in [0.2, 0.25) is 10.0 Å². The van der Waals surface area contributed by atoms with E-state index in [2.05, 4.69) is 9.82 Å². The average Bonchev–Trinajstić information content (AvgIpc) is 2.91. The topological polar surface area (TPSA) is 90.0 Å². The van der Waals surface area contributed by atoms with Gasteiger partial charge in [0.15, 0.2) is 0 Å². The van der Waals surface area contributed by atoms with Crippen LogP contribution in [0.1, 0.15) is 11.1 Å². The normalized spacial score (nSPS) is 11.5. The van der Waals surface area contributed by atoms with Crippen LogP contribution >= 0.6 is 12.2 Å². The molecule has 0 aliphatic rings. The number of sulfonamides is 1. The standard InChI is InChI=1S/C13H16N4O2S2/c1-10-3-4-11(13(14)20)9-12(10)21(18,19)16-6-8-17-7-2-5-15-17/h2-5,7,9,16H,6,8H2,1H3,(H2,14,20). The minimum Gasteiger partial charge on any atom is -0.389 e. The van der Waals surface area contributed by atoms with E-state index in [1.165, 1.54) is 6.07 Å². The first-order valence-electron chi connectivity index (χ1n) is 6.28. The van der Waals surface area contributed by atoms with Gasteiger partial charge in [-0.15, -0.1) is 0 Å². The molecule has 0 saturated carbocycles. The molecule has 21 heavy (non-hydrogen) atoms. The summed E-state index contributed by atoms with van der Waals surface area (Å²) in [5.74, 6) is 0. The second-order valence-electron chi connectivity index (χ2n) is 4.51. The van der Waals surface area contributed by atoms with E-state index in [4.69, 9.17) is 18.0 Å². The summed E-state index contributed by atoms with van der Waals surface area (Å²) in [5, 5.41) is 4.01. The van der Waals surface area contributed by atoms with E-state index in [0.29, 0.717) is 17.7 Å². The SMILES string of the molecule is Cc1ccc(C(N)=S)cc1S(=O)(=O)NCCn1cccn1. The van der Waals surface area contributed by atoms with E-state index >= 15 is 0 Å². The smallest absolute Gasteiger partial charge is 0.240 e. The number of nitrogens with zero attached hydrogens (tertiary/aromatic N) is 2. The Balaban J connectivity index is 2.15. The van der Waals surface area contributed by atoms with Gasteiger partial charge >= 0.3 is 0 Å². The summed E-state index contributed by atoms with van der Waals surface area (Å²) < 4.78 is 28.9. The molecular formula is C13H16N4O2S2. The Morgan fingerprint density at radius 2 is 2.24 bits per heavy atom. The monoisotopic (exact) mass is 324 g/mol. The summed E-state index contributed by atoms with van der Waals surface area (Å²) >= 11 is 4.88. The maximum Gasteiger partial charge on any atom is 0.240 e. The molecule has 0 atom stereocenters. The Kier molecular flexibility index (Phi) is 4.71. The van der Waals surface area contributed by atoms with Crippen molar-refractivity contribution in [3.63, 3.8) is 0 Å². The summed E-state index contributed by atoms with van der Waals surface area (Å²) in [7, 11) is -3.61. The summed E-state index contributed by atoms with van der Waals surface area (Å²) in [6.07, 6.45) is 3.41. The number of rotatable bonds is 6. The Hall–Kier alpha value is -1.77. The number of aryl methyl sites for hydroxylation is 1. The lowest BCUT2D eigenvalue weighted by Gasteiger charge is -2.11. The Labute approximate surface area is 129 Å². The largest absolute Gasteiger partial charge is 0.389 e. The third kappa shape index (κ3) is 3.87. The molecular weight excluding hydrogens is 308 g/mol. The minimum absolute atomic E-state index is 0.169. The summed E-state index contributed by atoms with van der Waals surface area (Å²) in [6, 6.07) is 6.68. The van der Waals surface area contributed by atoms with Crippen LogP contribution in [0.15, 0.2) is 41.6 Å². The number of hydrogen-bond donors (Lipinski definition) is 2. The van der Waals surface area contributed by atoms with E-state index in [0.717, 1.165) is 0 Å². The molecule has 6 nitrogen and oxygen atoms in total. The van der Waals surface area contributed by atoms with E-state index in [9.17, 15) is 8.42 Å². The van der Waals surface area contributed by atoms with Crippen molar-refractivity contribution < 1.29 is 8.42 Å². The lowest BCUT2D eigenvalue weighted by molar-refractivity contribution is 0.560. The van der Waals surface area contributed by atoms with Crippen LogP contribution in [0.5, 0.6) is 0 Å². The molecule has 0 bridgehead atoms. The van der Waals surface area contributed by atoms with Gasteiger partial charge in [-0.3, -0.25) is 4.68 Å². The Morgan fingerprint density at radius 1 is 1.48 bits per heavy atom. The Bertz CT molecular complexity index is 740. The lowest BCUT2D eigenvalue weighted by Crippen LogP contribution is -2.28. The van der Waals surface area contributed by atoms with Crippen molar-refractivity contribution in [2.75, 3.05) is 6.54 Å². The van der Waals surface area contributed by atoms with Crippen molar-refractivity contribution in [3.05, 3.63) is 47.8 Å². The van der Waals surface area contributed by atoms with E-state index in [1.807, 2.05) is 0 Å². The summed E-state index contributed by atoms with van der Waals surface area (Å²) in [6.45, 7) is 2.44. The van der Waals surface area contributed by atoms with E-state index in [1.54, 1.807) is 42.2 Å². The third-order valence-electron chi connectivity index (χ3n) is 2.95. The maximum absolute atomic E-state index is 12.3. The van der Waals surface area contributed by atoms with Gasteiger partial charge in [0, 0.05) is 24.5 Å². The Morgan fingerprint density at radius 3 is 2.86 bits per heavy atom. The highest BCUT2D eigenvalue weighted by Crippen LogP contribution is 2.17. The summed E-state index contributed by atoms with van der Waals surface area (Å²) in [5.41, 5.74) is 6.72. The van der Waals surface area contributed by atoms with Gasteiger partial charge in [-0.25, -0.2) is 13.1 Å². The predicted octanol–water partition coefficient (Wildman–Crippen LogP) is 0.804. The number of nitrogens with one attached hydrogen (secondary N) is 1. The molecule has 1 heterocycles.